The van der Waals surface area contributed by atoms with Gasteiger partial charge in [0.05, 0.1) is 13.6 Å². The minimum absolute atomic E-state index is 0. The Kier molecular flexibility index (Phi) is 20.3. The summed E-state index contributed by atoms with van der Waals surface area (Å²) in [6.45, 7) is 8.35. The molecule has 0 atom stereocenters. The van der Waals surface area contributed by atoms with E-state index in [4.69, 9.17) is 9.31 Å². The molecule has 2 nitrogen and oxygen atoms in total. The Morgan fingerprint density at radius 1 is 0.400 bits per heavy atom. The monoisotopic (exact) mass is 1530 g/mol. The standard InChI is InChI=1S/C44H29Br.C20H21BO2.CH2I2.CH3.2HI.V/c45-44-38-25-12-10-23-36(38)42(37-24-11-13-26-39(37)44)33-21-14-22-34(27-33)43-40(31-17-6-2-7-18-31)28-35(30-15-4-1-5-16-30)29-41(43)32-19-8-3-9-20-32;1-19(2)20(3,4)23-21(22-19)16-12-11-15-10-9-14-7-5-6-8-17(14)18(15)13-16;2-1-3;;;;/h1-29H;5-13H,1-4H3;1H2;1H3;2*1H;/q;;;-1;;;+2/p-2. The van der Waals surface area contributed by atoms with Gasteiger partial charge in [0.1, 0.15) is 0 Å². The van der Waals surface area contributed by atoms with Gasteiger partial charge in [0, 0.05) is 4.47 Å². The Hall–Kier alpha value is -3.57. The molecule has 0 N–H and O–H groups in total. The van der Waals surface area contributed by atoms with E-state index < -0.39 is 0 Å². The molecule has 12 rings (SSSR count). The molecule has 0 radical (unpaired) electrons. The van der Waals surface area contributed by atoms with E-state index in [1.807, 2.05) is 0 Å². The van der Waals surface area contributed by atoms with Gasteiger partial charge in [-0.3, -0.25) is 0 Å². The maximum atomic E-state index is 6.19. The van der Waals surface area contributed by atoms with E-state index in [0.717, 1.165) is 9.94 Å². The molecule has 0 amide bonds. The molecule has 75 heavy (non-hydrogen) atoms. The van der Waals surface area contributed by atoms with E-state index in [0.29, 0.717) is 9.47 Å². The van der Waals surface area contributed by atoms with Crippen molar-refractivity contribution in [2.75, 3.05) is 2.43 Å². The molecular formula is C66H55BBrI4O2V-. The normalized spacial score (nSPS) is 13.2. The van der Waals surface area contributed by atoms with Crippen LogP contribution >= 0.6 is 101 Å². The molecule has 0 unspecified atom stereocenters. The second kappa shape index (κ2) is 26.4. The van der Waals surface area contributed by atoms with E-state index in [2.05, 4.69) is 359 Å². The van der Waals surface area contributed by atoms with Crippen LogP contribution in [0.15, 0.2) is 235 Å². The summed E-state index contributed by atoms with van der Waals surface area (Å²) in [5.74, 6) is 0. The van der Waals surface area contributed by atoms with Crippen LogP contribution in [0.2, 0.25) is 0 Å². The first kappa shape index (κ1) is 57.6. The second-order valence-corrected chi connectivity index (χ2v) is 36.0. The number of fused-ring (bicyclic) bond motifs is 5. The summed E-state index contributed by atoms with van der Waals surface area (Å²) in [5, 5.41) is 9.93. The molecule has 0 spiro atoms. The summed E-state index contributed by atoms with van der Waals surface area (Å²) >= 11 is 13.2. The molecule has 1 aliphatic heterocycles. The first-order chi connectivity index (χ1) is 36.0. The van der Waals surface area contributed by atoms with Gasteiger partial charge in [0.2, 0.25) is 0 Å². The van der Waals surface area contributed by atoms with E-state index in [1.54, 1.807) is 0 Å². The van der Waals surface area contributed by atoms with E-state index in [-0.39, 0.29) is 25.7 Å². The topological polar surface area (TPSA) is 18.5 Å². The number of halogens is 5. The summed E-state index contributed by atoms with van der Waals surface area (Å²) in [4.78, 5) is 0. The quantitative estimate of drug-likeness (QED) is 0.0413. The van der Waals surface area contributed by atoms with Crippen LogP contribution in [0.25, 0.3) is 98.7 Å². The molecule has 0 saturated carbocycles. The first-order valence-electron chi connectivity index (χ1n) is 24.3. The minimum atomic E-state index is -0.316. The van der Waals surface area contributed by atoms with Gasteiger partial charge in [-0.05, 0) is 166 Å². The Morgan fingerprint density at radius 2 is 0.773 bits per heavy atom. The summed E-state index contributed by atoms with van der Waals surface area (Å²) in [5.41, 5.74) is 12.6. The molecule has 0 aliphatic carbocycles. The Morgan fingerprint density at radius 3 is 1.27 bits per heavy atom. The fraction of sp³-hybridized carbons (Fsp3) is 0.106. The predicted octanol–water partition coefficient (Wildman–Crippen LogP) is 21.4. The van der Waals surface area contributed by atoms with Gasteiger partial charge in [-0.15, -0.1) is 0 Å². The fourth-order valence-corrected chi connectivity index (χ4v) is 10.5. The van der Waals surface area contributed by atoms with Crippen molar-refractivity contribution in [2.24, 2.45) is 0 Å². The summed E-state index contributed by atoms with van der Waals surface area (Å²) in [7, 11) is 0.311. The average molecular weight is 1530 g/mol. The zero-order valence-corrected chi connectivity index (χ0v) is 54.0. The Labute approximate surface area is 508 Å². The molecule has 9 heteroatoms. The van der Waals surface area contributed by atoms with Crippen molar-refractivity contribution in [2.45, 2.75) is 38.9 Å². The van der Waals surface area contributed by atoms with Crippen LogP contribution in [0.1, 0.15) is 27.7 Å². The SMILES string of the molecule is Brc1c2ccccc2c(-c2cccc(-c3c(-c4ccccc4)cc(-c4ccccc4)cc3-c3ccccc3)c2)c2ccccc12.CC1(C)OB(c2ccc3ccc4ccccc4c3c2)OC1(C)C.ICI.[CH3-].[I][V][I]. The van der Waals surface area contributed by atoms with Gasteiger partial charge in [-0.1, -0.05) is 258 Å². The molecule has 0 bridgehead atoms. The van der Waals surface area contributed by atoms with Crippen LogP contribution in [0.4, 0.5) is 0 Å². The zero-order valence-electron chi connectivity index (χ0n) is 42.4. The number of rotatable bonds is 6. The van der Waals surface area contributed by atoms with Crippen LogP contribution in [-0.2, 0) is 18.8 Å². The number of hydrogen-bond acceptors (Lipinski definition) is 2. The van der Waals surface area contributed by atoms with E-state index in [9.17, 15) is 0 Å². The van der Waals surface area contributed by atoms with Crippen molar-refractivity contribution in [3.63, 3.8) is 0 Å². The fourth-order valence-electron chi connectivity index (χ4n) is 9.80. The zero-order chi connectivity index (χ0) is 51.8. The maximum absolute atomic E-state index is 6.19. The Bertz CT molecular complexity index is 3570. The molecule has 1 fully saturated rings. The van der Waals surface area contributed by atoms with Crippen LogP contribution in [0.5, 0.6) is 0 Å². The van der Waals surface area contributed by atoms with Gasteiger partial charge in [-0.25, -0.2) is 0 Å². The van der Waals surface area contributed by atoms with Crippen molar-refractivity contribution < 1.29 is 18.8 Å². The molecule has 0 aromatic heterocycles. The van der Waals surface area contributed by atoms with Crippen LogP contribution in [0.3, 0.4) is 0 Å². The van der Waals surface area contributed by atoms with Gasteiger partial charge in [0.15, 0.2) is 0 Å². The van der Waals surface area contributed by atoms with Crippen molar-refractivity contribution in [3.8, 4) is 55.6 Å². The van der Waals surface area contributed by atoms with Crippen LogP contribution in [-0.4, -0.2) is 20.8 Å². The van der Waals surface area contributed by atoms with Crippen molar-refractivity contribution in [1.29, 1.82) is 0 Å². The molecule has 11 aromatic carbocycles. The summed E-state index contributed by atoms with van der Waals surface area (Å²) < 4.78 is 14.7. The van der Waals surface area contributed by atoms with Crippen molar-refractivity contribution in [3.05, 3.63) is 242 Å². The average Bonchev–Trinajstić information content (AvgIpc) is 3.67. The molecule has 375 valence electrons. The van der Waals surface area contributed by atoms with E-state index >= 15 is 0 Å². The first-order valence-corrected chi connectivity index (χ1v) is 37.2. The molecular weight excluding hydrogens is 1470 g/mol. The summed E-state index contributed by atoms with van der Waals surface area (Å²) in [6.07, 6.45) is 0. The second-order valence-electron chi connectivity index (χ2n) is 18.9. The van der Waals surface area contributed by atoms with Gasteiger partial charge in [-0.2, -0.15) is 0 Å². The van der Waals surface area contributed by atoms with Crippen molar-refractivity contribution >= 4 is 157 Å². The third-order valence-corrected chi connectivity index (χ3v) is 14.9. The number of alkyl halides is 2. The molecule has 1 saturated heterocycles. The van der Waals surface area contributed by atoms with Crippen molar-refractivity contribution in [1.82, 2.24) is 0 Å². The third-order valence-electron chi connectivity index (χ3n) is 14.0. The summed E-state index contributed by atoms with van der Waals surface area (Å²) in [6, 6.07) is 82.9. The van der Waals surface area contributed by atoms with Gasteiger partial charge < -0.3 is 16.7 Å². The van der Waals surface area contributed by atoms with Gasteiger partial charge in [0.25, 0.3) is 0 Å². The molecule has 11 aromatic rings. The van der Waals surface area contributed by atoms with Gasteiger partial charge >= 0.3 is 56.5 Å². The van der Waals surface area contributed by atoms with Crippen LogP contribution < -0.4 is 5.46 Å². The van der Waals surface area contributed by atoms with Crippen LogP contribution in [0, 0.1) is 7.43 Å². The number of benzene rings is 11. The van der Waals surface area contributed by atoms with E-state index in [1.165, 1.54) is 101 Å². The number of hydrogen-bond donors (Lipinski definition) is 0. The molecule has 1 aliphatic rings. The Balaban J connectivity index is 0.000000209. The third kappa shape index (κ3) is 12.8. The molecule has 1 heterocycles. The predicted molar refractivity (Wildman–Crippen MR) is 361 cm³/mol.